The average Bonchev–Trinajstić information content (AvgIpc) is 2.31. The van der Waals surface area contributed by atoms with E-state index < -0.39 is 0 Å². The van der Waals surface area contributed by atoms with Gasteiger partial charge < -0.3 is 10.4 Å². The first kappa shape index (κ1) is 12.3. The molecule has 0 aromatic heterocycles. The van der Waals surface area contributed by atoms with Gasteiger partial charge in [0.25, 0.3) is 0 Å². The number of halogens is 2. The van der Waals surface area contributed by atoms with E-state index in [4.69, 9.17) is 11.6 Å². The summed E-state index contributed by atoms with van der Waals surface area (Å²) in [6.07, 6.45) is 0. The topological polar surface area (TPSA) is 32.3 Å². The first-order valence-corrected chi connectivity index (χ1v) is 6.29. The summed E-state index contributed by atoms with van der Waals surface area (Å²) < 4.78 is 0.697. The molecule has 17 heavy (non-hydrogen) atoms. The van der Waals surface area contributed by atoms with Crippen molar-refractivity contribution in [2.24, 2.45) is 0 Å². The van der Waals surface area contributed by atoms with Crippen molar-refractivity contribution in [2.45, 2.75) is 6.54 Å². The highest BCUT2D eigenvalue weighted by Gasteiger charge is 2.00. The normalized spacial score (nSPS) is 10.2. The second-order valence-electron chi connectivity index (χ2n) is 3.65. The highest BCUT2D eigenvalue weighted by atomic mass is 79.9. The van der Waals surface area contributed by atoms with E-state index in [-0.39, 0.29) is 5.75 Å². The Morgan fingerprint density at radius 3 is 2.71 bits per heavy atom. The van der Waals surface area contributed by atoms with Crippen LogP contribution in [0.2, 0.25) is 5.02 Å². The van der Waals surface area contributed by atoms with Crippen molar-refractivity contribution in [1.29, 1.82) is 0 Å². The lowest BCUT2D eigenvalue weighted by molar-refractivity contribution is 0.471. The van der Waals surface area contributed by atoms with Gasteiger partial charge in [0.05, 0.1) is 4.47 Å². The third kappa shape index (κ3) is 3.38. The van der Waals surface area contributed by atoms with Gasteiger partial charge in [-0.3, -0.25) is 0 Å². The summed E-state index contributed by atoms with van der Waals surface area (Å²) in [5.74, 6) is 0.247. The largest absolute Gasteiger partial charge is 0.507 e. The molecule has 0 radical (unpaired) electrons. The summed E-state index contributed by atoms with van der Waals surface area (Å²) in [4.78, 5) is 0. The van der Waals surface area contributed by atoms with Crippen LogP contribution < -0.4 is 5.32 Å². The average molecular weight is 313 g/mol. The second kappa shape index (κ2) is 5.43. The minimum absolute atomic E-state index is 0.247. The number of anilines is 1. The predicted octanol–water partition coefficient (Wildman–Crippen LogP) is 4.42. The fourth-order valence-corrected chi connectivity index (χ4v) is 2.08. The minimum Gasteiger partial charge on any atom is -0.507 e. The van der Waals surface area contributed by atoms with Crippen LogP contribution in [-0.4, -0.2) is 5.11 Å². The maximum atomic E-state index is 9.38. The van der Waals surface area contributed by atoms with Gasteiger partial charge >= 0.3 is 0 Å². The Balaban J connectivity index is 2.05. The number of rotatable bonds is 3. The van der Waals surface area contributed by atoms with Crippen LogP contribution in [0.15, 0.2) is 46.9 Å². The quantitative estimate of drug-likeness (QED) is 0.879. The van der Waals surface area contributed by atoms with Crippen molar-refractivity contribution in [1.82, 2.24) is 0 Å². The van der Waals surface area contributed by atoms with Crippen molar-refractivity contribution in [3.05, 3.63) is 57.5 Å². The van der Waals surface area contributed by atoms with E-state index >= 15 is 0 Å². The Kier molecular flexibility index (Phi) is 3.92. The van der Waals surface area contributed by atoms with Gasteiger partial charge in [0.15, 0.2) is 0 Å². The molecule has 0 saturated heterocycles. The Hall–Kier alpha value is -1.19. The summed E-state index contributed by atoms with van der Waals surface area (Å²) in [5.41, 5.74) is 2.05. The van der Waals surface area contributed by atoms with Gasteiger partial charge in [-0.25, -0.2) is 0 Å². The van der Waals surface area contributed by atoms with Crippen LogP contribution in [-0.2, 0) is 6.54 Å². The van der Waals surface area contributed by atoms with Gasteiger partial charge in [0.2, 0.25) is 0 Å². The molecule has 0 heterocycles. The number of benzene rings is 2. The van der Waals surface area contributed by atoms with Crippen LogP contribution in [0.3, 0.4) is 0 Å². The summed E-state index contributed by atoms with van der Waals surface area (Å²) in [6.45, 7) is 0.680. The molecule has 2 aromatic rings. The zero-order valence-electron chi connectivity index (χ0n) is 8.95. The van der Waals surface area contributed by atoms with Crippen LogP contribution in [0.4, 0.5) is 5.69 Å². The summed E-state index contributed by atoms with van der Waals surface area (Å²) in [6, 6.07) is 13.0. The summed E-state index contributed by atoms with van der Waals surface area (Å²) in [7, 11) is 0. The zero-order chi connectivity index (χ0) is 12.3. The standard InChI is InChI=1S/C13H11BrClNO/c14-12-6-9(4-5-13(12)17)8-16-11-3-1-2-10(15)7-11/h1-7,16-17H,8H2. The van der Waals surface area contributed by atoms with Gasteiger partial charge in [-0.05, 0) is 51.8 Å². The summed E-state index contributed by atoms with van der Waals surface area (Å²) >= 11 is 9.18. The van der Waals surface area contributed by atoms with E-state index in [1.165, 1.54) is 0 Å². The van der Waals surface area contributed by atoms with Gasteiger partial charge in [0, 0.05) is 17.3 Å². The summed E-state index contributed by atoms with van der Waals surface area (Å²) in [5, 5.41) is 13.4. The predicted molar refractivity (Wildman–Crippen MR) is 74.6 cm³/mol. The van der Waals surface area contributed by atoms with Crippen LogP contribution in [0.1, 0.15) is 5.56 Å². The Bertz CT molecular complexity index is 531. The van der Waals surface area contributed by atoms with Gasteiger partial charge in [-0.15, -0.1) is 0 Å². The molecule has 2 aromatic carbocycles. The first-order chi connectivity index (χ1) is 8.15. The third-order valence-electron chi connectivity index (χ3n) is 2.33. The fraction of sp³-hybridized carbons (Fsp3) is 0.0769. The molecule has 0 aliphatic heterocycles. The lowest BCUT2D eigenvalue weighted by Crippen LogP contribution is -1.98. The van der Waals surface area contributed by atoms with Crippen molar-refractivity contribution >= 4 is 33.2 Å². The molecule has 0 aliphatic carbocycles. The van der Waals surface area contributed by atoms with Crippen molar-refractivity contribution in [3.8, 4) is 5.75 Å². The molecule has 0 saturated carbocycles. The molecular formula is C13H11BrClNO. The maximum absolute atomic E-state index is 9.38. The van der Waals surface area contributed by atoms with E-state index in [0.717, 1.165) is 11.3 Å². The number of nitrogens with one attached hydrogen (secondary N) is 1. The number of phenolic OH excluding ortho intramolecular Hbond substituents is 1. The van der Waals surface area contributed by atoms with Crippen molar-refractivity contribution in [3.63, 3.8) is 0 Å². The molecular weight excluding hydrogens is 302 g/mol. The molecule has 2 N–H and O–H groups in total. The second-order valence-corrected chi connectivity index (χ2v) is 4.94. The molecule has 0 atom stereocenters. The molecule has 4 heteroatoms. The van der Waals surface area contributed by atoms with Gasteiger partial charge in [-0.2, -0.15) is 0 Å². The molecule has 0 fully saturated rings. The molecule has 2 rings (SSSR count). The Morgan fingerprint density at radius 1 is 1.18 bits per heavy atom. The van der Waals surface area contributed by atoms with Crippen molar-refractivity contribution in [2.75, 3.05) is 5.32 Å². The molecule has 88 valence electrons. The Labute approximate surface area is 113 Å². The SMILES string of the molecule is Oc1ccc(CNc2cccc(Cl)c2)cc1Br. The highest BCUT2D eigenvalue weighted by molar-refractivity contribution is 9.10. The molecule has 0 aliphatic rings. The monoisotopic (exact) mass is 311 g/mol. The van der Waals surface area contributed by atoms with E-state index in [9.17, 15) is 5.11 Å². The van der Waals surface area contributed by atoms with E-state index in [1.807, 2.05) is 36.4 Å². The van der Waals surface area contributed by atoms with E-state index in [1.54, 1.807) is 6.07 Å². The zero-order valence-corrected chi connectivity index (χ0v) is 11.3. The van der Waals surface area contributed by atoms with E-state index in [2.05, 4.69) is 21.2 Å². The van der Waals surface area contributed by atoms with Crippen LogP contribution in [0, 0.1) is 0 Å². The van der Waals surface area contributed by atoms with Crippen molar-refractivity contribution < 1.29 is 5.11 Å². The van der Waals surface area contributed by atoms with E-state index in [0.29, 0.717) is 16.0 Å². The molecule has 0 bridgehead atoms. The Morgan fingerprint density at radius 2 is 2.00 bits per heavy atom. The number of hydrogen-bond donors (Lipinski definition) is 2. The lowest BCUT2D eigenvalue weighted by atomic mass is 10.2. The molecule has 0 amide bonds. The lowest BCUT2D eigenvalue weighted by Gasteiger charge is -2.07. The molecule has 2 nitrogen and oxygen atoms in total. The number of aromatic hydroxyl groups is 1. The first-order valence-electron chi connectivity index (χ1n) is 5.12. The highest BCUT2D eigenvalue weighted by Crippen LogP contribution is 2.24. The van der Waals surface area contributed by atoms with Gasteiger partial charge in [0.1, 0.15) is 5.75 Å². The van der Waals surface area contributed by atoms with Crippen LogP contribution in [0.5, 0.6) is 5.75 Å². The molecule has 0 spiro atoms. The fourth-order valence-electron chi connectivity index (χ4n) is 1.46. The third-order valence-corrected chi connectivity index (χ3v) is 3.20. The number of phenols is 1. The number of hydrogen-bond acceptors (Lipinski definition) is 2. The van der Waals surface area contributed by atoms with Gasteiger partial charge in [-0.1, -0.05) is 23.7 Å². The van der Waals surface area contributed by atoms with Crippen LogP contribution >= 0.6 is 27.5 Å². The van der Waals surface area contributed by atoms with Crippen LogP contribution in [0.25, 0.3) is 0 Å². The molecule has 0 unspecified atom stereocenters. The smallest absolute Gasteiger partial charge is 0.129 e. The minimum atomic E-state index is 0.247. The maximum Gasteiger partial charge on any atom is 0.129 e.